The van der Waals surface area contributed by atoms with Gasteiger partial charge in [0.15, 0.2) is 27.8 Å². The third-order valence-electron chi connectivity index (χ3n) is 5.81. The highest BCUT2D eigenvalue weighted by Crippen LogP contribution is 2.38. The summed E-state index contributed by atoms with van der Waals surface area (Å²) in [6.45, 7) is 3.74. The number of ether oxygens (including phenoxy) is 4. The molecule has 2 aliphatic heterocycles. The number of carbonyl (C=O) groups excluding carboxylic acids is 1. The molecule has 36 heavy (non-hydrogen) atoms. The molecule has 186 valence electrons. The van der Waals surface area contributed by atoms with Crippen molar-refractivity contribution < 1.29 is 28.8 Å². The number of hydrogen-bond donors (Lipinski definition) is 1. The third kappa shape index (κ3) is 4.07. The summed E-state index contributed by atoms with van der Waals surface area (Å²) < 4.78 is 24.0. The van der Waals surface area contributed by atoms with Crippen LogP contribution in [0.1, 0.15) is 31.0 Å². The number of nitrogens with zero attached hydrogens (tertiary/aromatic N) is 2. The number of fused-ring (bicyclic) bond motifs is 2. The summed E-state index contributed by atoms with van der Waals surface area (Å²) in [7, 11) is 1.45. The molecule has 2 aromatic carbocycles. The van der Waals surface area contributed by atoms with E-state index in [9.17, 15) is 14.7 Å². The maximum absolute atomic E-state index is 13.8. The van der Waals surface area contributed by atoms with E-state index in [-0.39, 0.29) is 36.0 Å². The van der Waals surface area contributed by atoms with Crippen LogP contribution in [0.3, 0.4) is 0 Å². The monoisotopic (exact) mass is 572 g/mol. The normalized spacial score (nSPS) is 16.6. The zero-order valence-electron chi connectivity index (χ0n) is 19.5. The Bertz CT molecular complexity index is 1610. The summed E-state index contributed by atoms with van der Waals surface area (Å²) in [6.07, 6.45) is 1.69. The van der Waals surface area contributed by atoms with Gasteiger partial charge in [0.25, 0.3) is 5.56 Å². The molecule has 5 rings (SSSR count). The Morgan fingerprint density at radius 3 is 2.83 bits per heavy atom. The molecule has 0 saturated carbocycles. The lowest BCUT2D eigenvalue weighted by molar-refractivity contribution is -0.139. The quantitative estimate of drug-likeness (QED) is 0.468. The van der Waals surface area contributed by atoms with E-state index in [1.54, 1.807) is 44.2 Å². The van der Waals surface area contributed by atoms with Gasteiger partial charge in [-0.3, -0.25) is 9.36 Å². The number of allylic oxidation sites excluding steroid dienone is 1. The maximum Gasteiger partial charge on any atom is 0.338 e. The molecule has 0 unspecified atom stereocenters. The van der Waals surface area contributed by atoms with Crippen LogP contribution < -0.4 is 29.1 Å². The van der Waals surface area contributed by atoms with E-state index in [1.807, 2.05) is 0 Å². The van der Waals surface area contributed by atoms with Gasteiger partial charge in [-0.25, -0.2) is 9.79 Å². The number of esters is 1. The lowest BCUT2D eigenvalue weighted by atomic mass is 9.95. The molecule has 0 fully saturated rings. The topological polar surface area (TPSA) is 109 Å². The van der Waals surface area contributed by atoms with Gasteiger partial charge >= 0.3 is 5.97 Å². The van der Waals surface area contributed by atoms with Gasteiger partial charge in [-0.2, -0.15) is 0 Å². The largest absolute Gasteiger partial charge is 0.504 e. The minimum Gasteiger partial charge on any atom is -0.504 e. The van der Waals surface area contributed by atoms with Crippen molar-refractivity contribution in [1.82, 2.24) is 4.57 Å². The number of aromatic nitrogens is 1. The molecule has 0 amide bonds. The Hall–Kier alpha value is -3.57. The smallest absolute Gasteiger partial charge is 0.338 e. The summed E-state index contributed by atoms with van der Waals surface area (Å²) in [6, 6.07) is 7.68. The molecule has 2 aliphatic rings. The number of aromatic hydroxyl groups is 1. The molecule has 3 aromatic rings. The Morgan fingerprint density at radius 2 is 2.08 bits per heavy atom. The fraction of sp³-hybridized carbons (Fsp3) is 0.240. The SMILES string of the molecule is CCOC(=O)C1=C(C)N=c2s/c(=C/c3cc(OC)c(O)cc3Br)c(=O)n2[C@H]1c1ccc2c(c1)OCO2. The van der Waals surface area contributed by atoms with Gasteiger partial charge in [-0.05, 0) is 55.3 Å². The van der Waals surface area contributed by atoms with Crippen molar-refractivity contribution in [3.05, 3.63) is 76.9 Å². The van der Waals surface area contributed by atoms with Gasteiger partial charge in [0.1, 0.15) is 0 Å². The van der Waals surface area contributed by atoms with Gasteiger partial charge in [0, 0.05) is 4.47 Å². The number of rotatable bonds is 5. The first-order valence-electron chi connectivity index (χ1n) is 11.0. The Labute approximate surface area is 217 Å². The highest BCUT2D eigenvalue weighted by molar-refractivity contribution is 9.10. The summed E-state index contributed by atoms with van der Waals surface area (Å²) in [4.78, 5) is 31.8. The fourth-order valence-electron chi connectivity index (χ4n) is 4.16. The van der Waals surface area contributed by atoms with Gasteiger partial charge in [-0.1, -0.05) is 33.3 Å². The molecule has 1 atom stereocenters. The zero-order chi connectivity index (χ0) is 25.6. The Kier molecular flexibility index (Phi) is 6.35. The van der Waals surface area contributed by atoms with E-state index < -0.39 is 12.0 Å². The van der Waals surface area contributed by atoms with Crippen molar-refractivity contribution in [3.63, 3.8) is 0 Å². The molecule has 0 aliphatic carbocycles. The molecule has 0 saturated heterocycles. The van der Waals surface area contributed by atoms with Crippen LogP contribution in [0.4, 0.5) is 0 Å². The summed E-state index contributed by atoms with van der Waals surface area (Å²) in [5, 5.41) is 10.0. The van der Waals surface area contributed by atoms with Crippen molar-refractivity contribution in [2.75, 3.05) is 20.5 Å². The van der Waals surface area contributed by atoms with Crippen molar-refractivity contribution in [1.29, 1.82) is 0 Å². The molecule has 0 bridgehead atoms. The minimum atomic E-state index is -0.769. The number of phenols is 1. The van der Waals surface area contributed by atoms with E-state index in [0.29, 0.717) is 42.1 Å². The molecular weight excluding hydrogens is 552 g/mol. The molecule has 3 heterocycles. The van der Waals surface area contributed by atoms with Crippen molar-refractivity contribution in [2.45, 2.75) is 19.9 Å². The first-order chi connectivity index (χ1) is 17.3. The first-order valence-corrected chi connectivity index (χ1v) is 12.6. The number of benzene rings is 2. The molecular formula is C25H21BrN2O7S. The van der Waals surface area contributed by atoms with Gasteiger partial charge in [0.2, 0.25) is 6.79 Å². The van der Waals surface area contributed by atoms with E-state index in [1.165, 1.54) is 29.1 Å². The van der Waals surface area contributed by atoms with Crippen molar-refractivity contribution >= 4 is 39.3 Å². The molecule has 0 radical (unpaired) electrons. The van der Waals surface area contributed by atoms with Gasteiger partial charge in [-0.15, -0.1) is 0 Å². The van der Waals surface area contributed by atoms with Crippen LogP contribution in [-0.2, 0) is 9.53 Å². The average Bonchev–Trinajstić information content (AvgIpc) is 3.43. The molecule has 1 aromatic heterocycles. The summed E-state index contributed by atoms with van der Waals surface area (Å²) in [5.41, 5.74) is 1.72. The van der Waals surface area contributed by atoms with Gasteiger partial charge < -0.3 is 24.1 Å². The predicted molar refractivity (Wildman–Crippen MR) is 135 cm³/mol. The van der Waals surface area contributed by atoms with E-state index >= 15 is 0 Å². The zero-order valence-corrected chi connectivity index (χ0v) is 21.9. The number of halogens is 1. The Morgan fingerprint density at radius 1 is 1.31 bits per heavy atom. The highest BCUT2D eigenvalue weighted by atomic mass is 79.9. The van der Waals surface area contributed by atoms with E-state index in [2.05, 4.69) is 20.9 Å². The van der Waals surface area contributed by atoms with E-state index in [4.69, 9.17) is 18.9 Å². The van der Waals surface area contributed by atoms with Crippen LogP contribution in [-0.4, -0.2) is 36.2 Å². The lowest BCUT2D eigenvalue weighted by Gasteiger charge is -2.24. The number of carbonyl (C=O) groups is 1. The van der Waals surface area contributed by atoms with Crippen LogP contribution in [0.25, 0.3) is 6.08 Å². The van der Waals surface area contributed by atoms with Crippen LogP contribution >= 0.6 is 27.3 Å². The number of thiazole rings is 1. The Balaban J connectivity index is 1.73. The average molecular weight is 573 g/mol. The predicted octanol–water partition coefficient (Wildman–Crippen LogP) is 3.00. The van der Waals surface area contributed by atoms with Crippen LogP contribution in [0.15, 0.2) is 55.9 Å². The maximum atomic E-state index is 13.8. The first kappa shape index (κ1) is 24.1. The number of phenolic OH excluding ortho intramolecular Hbond substituents is 1. The minimum absolute atomic E-state index is 0.0273. The molecule has 9 nitrogen and oxygen atoms in total. The van der Waals surface area contributed by atoms with Crippen LogP contribution in [0.2, 0.25) is 0 Å². The standard InChI is InChI=1S/C25H21BrN2O7S/c1-4-33-24(31)21-12(2)27-25-28(22(21)13-5-6-17-19(7-13)35-11-34-17)23(30)20(36-25)9-14-8-18(32-3)16(29)10-15(14)26/h5-10,22,29H,4,11H2,1-3H3/b20-9+/t22-/m0/s1. The van der Waals surface area contributed by atoms with Crippen molar-refractivity contribution in [3.8, 4) is 23.0 Å². The number of methoxy groups -OCH3 is 1. The second-order valence-electron chi connectivity index (χ2n) is 7.96. The van der Waals surface area contributed by atoms with Gasteiger partial charge in [0.05, 0.1) is 35.6 Å². The summed E-state index contributed by atoms with van der Waals surface area (Å²) >= 11 is 4.63. The molecule has 0 spiro atoms. The highest BCUT2D eigenvalue weighted by Gasteiger charge is 2.34. The third-order valence-corrected chi connectivity index (χ3v) is 7.48. The lowest BCUT2D eigenvalue weighted by Crippen LogP contribution is -2.39. The van der Waals surface area contributed by atoms with Crippen LogP contribution in [0.5, 0.6) is 23.0 Å². The second kappa shape index (κ2) is 9.47. The summed E-state index contributed by atoms with van der Waals surface area (Å²) in [5.74, 6) is 0.835. The number of hydrogen-bond acceptors (Lipinski definition) is 9. The molecule has 11 heteroatoms. The van der Waals surface area contributed by atoms with E-state index in [0.717, 1.165) is 0 Å². The fourth-order valence-corrected chi connectivity index (χ4v) is 5.65. The molecule has 1 N–H and O–H groups in total. The van der Waals surface area contributed by atoms with Crippen molar-refractivity contribution in [2.24, 2.45) is 4.99 Å². The van der Waals surface area contributed by atoms with Crippen LogP contribution in [0, 0.1) is 0 Å². The second-order valence-corrected chi connectivity index (χ2v) is 9.82.